The molecular weight excluding hydrogens is 360 g/mol. The lowest BCUT2D eigenvalue weighted by atomic mass is 10.2. The van der Waals surface area contributed by atoms with E-state index in [9.17, 15) is 14.4 Å². The summed E-state index contributed by atoms with van der Waals surface area (Å²) in [5.41, 5.74) is 2.31. The van der Waals surface area contributed by atoms with E-state index in [0.29, 0.717) is 17.9 Å². The van der Waals surface area contributed by atoms with Crippen molar-refractivity contribution in [1.82, 2.24) is 5.32 Å². The number of esters is 1. The van der Waals surface area contributed by atoms with Crippen LogP contribution in [-0.2, 0) is 20.7 Å². The van der Waals surface area contributed by atoms with E-state index in [1.54, 1.807) is 29.2 Å². The van der Waals surface area contributed by atoms with Gasteiger partial charge >= 0.3 is 5.97 Å². The van der Waals surface area contributed by atoms with E-state index < -0.39 is 18.0 Å². The first-order chi connectivity index (χ1) is 13.5. The third-order valence-electron chi connectivity index (χ3n) is 4.53. The Morgan fingerprint density at radius 1 is 1.14 bits per heavy atom. The zero-order valence-corrected chi connectivity index (χ0v) is 15.8. The van der Waals surface area contributed by atoms with Crippen LogP contribution in [0.25, 0.3) is 0 Å². The molecule has 0 radical (unpaired) electrons. The second-order valence-corrected chi connectivity index (χ2v) is 6.42. The molecule has 2 amide bonds. The molecule has 1 heterocycles. The monoisotopic (exact) mass is 382 g/mol. The molecule has 2 aromatic rings. The molecule has 0 bridgehead atoms. The molecule has 0 unspecified atom stereocenters. The molecule has 7 heteroatoms. The van der Waals surface area contributed by atoms with E-state index in [-0.39, 0.29) is 12.5 Å². The van der Waals surface area contributed by atoms with Crippen LogP contribution in [0.1, 0.15) is 22.8 Å². The van der Waals surface area contributed by atoms with Gasteiger partial charge < -0.3 is 19.7 Å². The number of carbonyl (C=O) groups is 3. The summed E-state index contributed by atoms with van der Waals surface area (Å²) < 4.78 is 10.3. The Balaban J connectivity index is 1.52. The number of hydrogen-bond acceptors (Lipinski definition) is 5. The minimum Gasteiger partial charge on any atom is -0.497 e. The number of benzene rings is 2. The predicted molar refractivity (Wildman–Crippen MR) is 103 cm³/mol. The third kappa shape index (κ3) is 4.31. The molecule has 0 spiro atoms. The minimum absolute atomic E-state index is 0.280. The van der Waals surface area contributed by atoms with Crippen molar-refractivity contribution in [2.24, 2.45) is 0 Å². The van der Waals surface area contributed by atoms with Gasteiger partial charge in [-0.05, 0) is 43.2 Å². The number of rotatable bonds is 6. The Bertz CT molecular complexity index is 896. The maximum absolute atomic E-state index is 12.6. The number of para-hydroxylation sites is 1. The highest BCUT2D eigenvalue weighted by Gasteiger charge is 2.29. The van der Waals surface area contributed by atoms with Gasteiger partial charge in [-0.15, -0.1) is 0 Å². The molecule has 3 rings (SSSR count). The molecule has 146 valence electrons. The highest BCUT2D eigenvalue weighted by Crippen LogP contribution is 2.28. The Hall–Kier alpha value is -3.35. The molecule has 0 saturated heterocycles. The van der Waals surface area contributed by atoms with Crippen LogP contribution in [0.5, 0.6) is 5.75 Å². The Morgan fingerprint density at radius 3 is 2.71 bits per heavy atom. The fraction of sp³-hybridized carbons (Fsp3) is 0.286. The van der Waals surface area contributed by atoms with E-state index in [0.717, 1.165) is 17.7 Å². The molecule has 1 aliphatic heterocycles. The molecule has 0 aliphatic carbocycles. The summed E-state index contributed by atoms with van der Waals surface area (Å²) >= 11 is 0. The van der Waals surface area contributed by atoms with Crippen molar-refractivity contribution in [3.05, 3.63) is 59.7 Å². The molecule has 0 aromatic heterocycles. The summed E-state index contributed by atoms with van der Waals surface area (Å²) in [6.07, 6.45) is -0.161. The SMILES string of the molecule is COc1cccc(C(=O)NCC(=O)O[C@H](C)C(=O)N2CCc3ccccc32)c1. The molecule has 1 aliphatic rings. The maximum Gasteiger partial charge on any atom is 0.326 e. The molecule has 0 fully saturated rings. The van der Waals surface area contributed by atoms with Crippen molar-refractivity contribution < 1.29 is 23.9 Å². The summed E-state index contributed by atoms with van der Waals surface area (Å²) in [4.78, 5) is 38.4. The first-order valence-corrected chi connectivity index (χ1v) is 9.00. The van der Waals surface area contributed by atoms with Crippen molar-refractivity contribution >= 4 is 23.5 Å². The number of amides is 2. The highest BCUT2D eigenvalue weighted by molar-refractivity contribution is 5.99. The standard InChI is InChI=1S/C21H22N2O5/c1-14(21(26)23-11-10-15-6-3-4-9-18(15)23)28-19(24)13-22-20(25)16-7-5-8-17(12-16)27-2/h3-9,12,14H,10-11,13H2,1-2H3,(H,22,25)/t14-/m1/s1. The van der Waals surface area contributed by atoms with E-state index >= 15 is 0 Å². The van der Waals surface area contributed by atoms with Gasteiger partial charge in [-0.2, -0.15) is 0 Å². The fourth-order valence-electron chi connectivity index (χ4n) is 3.09. The molecular formula is C21H22N2O5. The van der Waals surface area contributed by atoms with E-state index in [2.05, 4.69) is 5.32 Å². The molecule has 1 N–H and O–H groups in total. The number of nitrogens with zero attached hydrogens (tertiary/aromatic N) is 1. The van der Waals surface area contributed by atoms with Crippen LogP contribution in [0, 0.1) is 0 Å². The first kappa shape index (κ1) is 19.4. The third-order valence-corrected chi connectivity index (χ3v) is 4.53. The lowest BCUT2D eigenvalue weighted by Crippen LogP contribution is -2.41. The minimum atomic E-state index is -0.938. The Morgan fingerprint density at radius 2 is 1.93 bits per heavy atom. The molecule has 2 aromatic carbocycles. The lowest BCUT2D eigenvalue weighted by molar-refractivity contribution is -0.152. The van der Waals surface area contributed by atoms with Gasteiger partial charge in [0, 0.05) is 17.8 Å². The van der Waals surface area contributed by atoms with Crippen LogP contribution in [0.2, 0.25) is 0 Å². The van der Waals surface area contributed by atoms with Crippen LogP contribution in [-0.4, -0.2) is 44.1 Å². The summed E-state index contributed by atoms with van der Waals surface area (Å²) in [7, 11) is 1.51. The number of fused-ring (bicyclic) bond motifs is 1. The predicted octanol–water partition coefficient (Wildman–Crippen LogP) is 1.95. The van der Waals surface area contributed by atoms with Gasteiger partial charge in [0.15, 0.2) is 6.10 Å². The van der Waals surface area contributed by atoms with E-state index in [4.69, 9.17) is 9.47 Å². The van der Waals surface area contributed by atoms with Gasteiger partial charge in [0.1, 0.15) is 12.3 Å². The largest absolute Gasteiger partial charge is 0.497 e. The van der Waals surface area contributed by atoms with Crippen molar-refractivity contribution in [2.45, 2.75) is 19.4 Å². The highest BCUT2D eigenvalue weighted by atomic mass is 16.5. The number of hydrogen-bond donors (Lipinski definition) is 1. The summed E-state index contributed by atoms with van der Waals surface area (Å²) in [5, 5.41) is 2.49. The van der Waals surface area contributed by atoms with Gasteiger partial charge in [0.25, 0.3) is 11.8 Å². The molecule has 7 nitrogen and oxygen atoms in total. The second kappa shape index (κ2) is 8.56. The lowest BCUT2D eigenvalue weighted by Gasteiger charge is -2.21. The van der Waals surface area contributed by atoms with E-state index in [1.165, 1.54) is 14.0 Å². The molecule has 0 saturated carbocycles. The number of nitrogens with one attached hydrogen (secondary N) is 1. The van der Waals surface area contributed by atoms with Crippen molar-refractivity contribution in [2.75, 3.05) is 25.1 Å². The Labute approximate surface area is 163 Å². The normalized spacial score (nSPS) is 13.4. The van der Waals surface area contributed by atoms with Crippen LogP contribution >= 0.6 is 0 Å². The molecule has 28 heavy (non-hydrogen) atoms. The number of methoxy groups -OCH3 is 1. The fourth-order valence-corrected chi connectivity index (χ4v) is 3.09. The van der Waals surface area contributed by atoms with Gasteiger partial charge in [0.2, 0.25) is 0 Å². The van der Waals surface area contributed by atoms with Gasteiger partial charge in [-0.25, -0.2) is 0 Å². The topological polar surface area (TPSA) is 84.9 Å². The molecule has 1 atom stereocenters. The van der Waals surface area contributed by atoms with E-state index in [1.807, 2.05) is 24.3 Å². The first-order valence-electron chi connectivity index (χ1n) is 9.00. The summed E-state index contributed by atoms with van der Waals surface area (Å²) in [6.45, 7) is 1.77. The van der Waals surface area contributed by atoms with Gasteiger partial charge in [-0.3, -0.25) is 14.4 Å². The number of carbonyl (C=O) groups excluding carboxylic acids is 3. The second-order valence-electron chi connectivity index (χ2n) is 6.42. The summed E-state index contributed by atoms with van der Waals surface area (Å²) in [5.74, 6) is -0.842. The smallest absolute Gasteiger partial charge is 0.326 e. The quantitative estimate of drug-likeness (QED) is 0.772. The summed E-state index contributed by atoms with van der Waals surface area (Å²) in [6, 6.07) is 14.2. The van der Waals surface area contributed by atoms with Crippen LogP contribution in [0.15, 0.2) is 48.5 Å². The van der Waals surface area contributed by atoms with Gasteiger partial charge in [-0.1, -0.05) is 24.3 Å². The van der Waals surface area contributed by atoms with Crippen molar-refractivity contribution in [3.8, 4) is 5.75 Å². The van der Waals surface area contributed by atoms with Crippen molar-refractivity contribution in [3.63, 3.8) is 0 Å². The van der Waals surface area contributed by atoms with Crippen LogP contribution in [0.4, 0.5) is 5.69 Å². The van der Waals surface area contributed by atoms with Gasteiger partial charge in [0.05, 0.1) is 7.11 Å². The van der Waals surface area contributed by atoms with Crippen LogP contribution in [0.3, 0.4) is 0 Å². The average Bonchev–Trinajstić information content (AvgIpc) is 3.15. The average molecular weight is 382 g/mol. The number of ether oxygens (including phenoxy) is 2. The number of anilines is 1. The van der Waals surface area contributed by atoms with Crippen molar-refractivity contribution in [1.29, 1.82) is 0 Å². The maximum atomic E-state index is 12.6. The zero-order chi connectivity index (χ0) is 20.1. The Kier molecular flexibility index (Phi) is 5.93. The zero-order valence-electron chi connectivity index (χ0n) is 15.8. The van der Waals surface area contributed by atoms with Crippen LogP contribution < -0.4 is 15.0 Å².